The summed E-state index contributed by atoms with van der Waals surface area (Å²) in [5.41, 5.74) is 1.25. The number of nitrogens with one attached hydrogen (secondary N) is 2. The predicted octanol–water partition coefficient (Wildman–Crippen LogP) is 2.98. The summed E-state index contributed by atoms with van der Waals surface area (Å²) in [6.07, 6.45) is 0. The topological polar surface area (TPSA) is 45.7 Å². The van der Waals surface area contributed by atoms with Crippen molar-refractivity contribution >= 4 is 5.96 Å². The van der Waals surface area contributed by atoms with E-state index >= 15 is 0 Å². The predicted molar refractivity (Wildman–Crippen MR) is 89.6 cm³/mol. The monoisotopic (exact) mass is 291 g/mol. The number of nitrogens with zero attached hydrogens (tertiary/aromatic N) is 1. The minimum absolute atomic E-state index is 0.223. The second kappa shape index (κ2) is 10.2. The fourth-order valence-electron chi connectivity index (χ4n) is 1.89. The van der Waals surface area contributed by atoms with Gasteiger partial charge >= 0.3 is 0 Å². The van der Waals surface area contributed by atoms with Crippen LogP contribution in [0, 0.1) is 5.92 Å². The molecule has 4 nitrogen and oxygen atoms in total. The fourth-order valence-corrected chi connectivity index (χ4v) is 1.89. The van der Waals surface area contributed by atoms with Gasteiger partial charge in [0.05, 0.1) is 19.2 Å². The number of hydrogen-bond donors (Lipinski definition) is 2. The highest BCUT2D eigenvalue weighted by molar-refractivity contribution is 5.80. The Hall–Kier alpha value is -1.55. The van der Waals surface area contributed by atoms with Gasteiger partial charge in [0.2, 0.25) is 0 Å². The van der Waals surface area contributed by atoms with Crippen LogP contribution < -0.4 is 10.6 Å². The highest BCUT2D eigenvalue weighted by Gasteiger charge is 2.06. The summed E-state index contributed by atoms with van der Waals surface area (Å²) in [4.78, 5) is 4.55. The Kier molecular flexibility index (Phi) is 8.51. The first-order chi connectivity index (χ1) is 10.1. The normalized spacial score (nSPS) is 13.3. The molecule has 0 saturated carbocycles. The maximum Gasteiger partial charge on any atom is 0.191 e. The highest BCUT2D eigenvalue weighted by Crippen LogP contribution is 2.10. The summed E-state index contributed by atoms with van der Waals surface area (Å²) in [5.74, 6) is 1.40. The van der Waals surface area contributed by atoms with Crippen molar-refractivity contribution in [3.63, 3.8) is 0 Å². The van der Waals surface area contributed by atoms with Crippen LogP contribution in [0.1, 0.15) is 39.3 Å². The van der Waals surface area contributed by atoms with Crippen molar-refractivity contribution in [3.8, 4) is 0 Å². The van der Waals surface area contributed by atoms with Crippen molar-refractivity contribution < 1.29 is 4.74 Å². The largest absolute Gasteiger partial charge is 0.379 e. The molecular weight excluding hydrogens is 262 g/mol. The molecule has 0 aliphatic heterocycles. The molecule has 21 heavy (non-hydrogen) atoms. The zero-order chi connectivity index (χ0) is 15.5. The van der Waals surface area contributed by atoms with Crippen LogP contribution in [0.25, 0.3) is 0 Å². The summed E-state index contributed by atoms with van der Waals surface area (Å²) in [6, 6.07) is 10.6. The summed E-state index contributed by atoms with van der Waals surface area (Å²) in [6.45, 7) is 11.5. The van der Waals surface area contributed by atoms with Crippen molar-refractivity contribution in [3.05, 3.63) is 35.9 Å². The van der Waals surface area contributed by atoms with Crippen LogP contribution in [-0.4, -0.2) is 32.3 Å². The van der Waals surface area contributed by atoms with Gasteiger partial charge in [-0.25, -0.2) is 0 Å². The third-order valence-corrected chi connectivity index (χ3v) is 2.95. The second-order valence-electron chi connectivity index (χ2n) is 5.51. The second-order valence-corrected chi connectivity index (χ2v) is 5.51. The van der Waals surface area contributed by atoms with E-state index in [1.54, 1.807) is 0 Å². The molecule has 0 aliphatic carbocycles. The molecule has 0 saturated heterocycles. The lowest BCUT2D eigenvalue weighted by atomic mass is 10.1. The molecule has 0 bridgehead atoms. The van der Waals surface area contributed by atoms with E-state index in [2.05, 4.69) is 67.6 Å². The molecule has 1 aromatic carbocycles. The van der Waals surface area contributed by atoms with Crippen molar-refractivity contribution in [2.24, 2.45) is 10.9 Å². The zero-order valence-electron chi connectivity index (χ0n) is 13.7. The zero-order valence-corrected chi connectivity index (χ0v) is 13.7. The van der Waals surface area contributed by atoms with Crippen molar-refractivity contribution in [1.82, 2.24) is 10.6 Å². The van der Waals surface area contributed by atoms with Crippen molar-refractivity contribution in [1.29, 1.82) is 0 Å². The van der Waals surface area contributed by atoms with Gasteiger partial charge in [-0.05, 0) is 25.3 Å². The van der Waals surface area contributed by atoms with Crippen LogP contribution in [0.2, 0.25) is 0 Å². The maximum atomic E-state index is 5.55. The van der Waals surface area contributed by atoms with Crippen LogP contribution in [0.3, 0.4) is 0 Å². The SMILES string of the molecule is CCNC(=NCCOCC(C)C)NC(C)c1ccccc1. The van der Waals surface area contributed by atoms with Gasteiger partial charge in [-0.2, -0.15) is 0 Å². The van der Waals surface area contributed by atoms with E-state index in [9.17, 15) is 0 Å². The lowest BCUT2D eigenvalue weighted by molar-refractivity contribution is 0.117. The highest BCUT2D eigenvalue weighted by atomic mass is 16.5. The quantitative estimate of drug-likeness (QED) is 0.440. The lowest BCUT2D eigenvalue weighted by Gasteiger charge is -2.18. The molecule has 2 N–H and O–H groups in total. The third-order valence-electron chi connectivity index (χ3n) is 2.95. The van der Waals surface area contributed by atoms with E-state index < -0.39 is 0 Å². The molecule has 1 aromatic rings. The molecule has 1 atom stereocenters. The number of rotatable bonds is 8. The standard InChI is InChI=1S/C17H29N3O/c1-5-18-17(19-11-12-21-13-14(2)3)20-15(4)16-9-7-6-8-10-16/h6-10,14-15H,5,11-13H2,1-4H3,(H2,18,19,20). The molecule has 0 radical (unpaired) electrons. The molecule has 1 rings (SSSR count). The van der Waals surface area contributed by atoms with Crippen LogP contribution in [0.5, 0.6) is 0 Å². The molecule has 0 heterocycles. The van der Waals surface area contributed by atoms with E-state index in [0.29, 0.717) is 19.1 Å². The van der Waals surface area contributed by atoms with Crippen LogP contribution in [0.4, 0.5) is 0 Å². The first-order valence-corrected chi connectivity index (χ1v) is 7.81. The fraction of sp³-hybridized carbons (Fsp3) is 0.588. The number of aliphatic imine (C=N–C) groups is 1. The van der Waals surface area contributed by atoms with E-state index in [1.807, 2.05) is 6.07 Å². The van der Waals surface area contributed by atoms with Gasteiger partial charge in [-0.3, -0.25) is 4.99 Å². The van der Waals surface area contributed by atoms with E-state index in [-0.39, 0.29) is 6.04 Å². The molecule has 0 fully saturated rings. The number of benzene rings is 1. The van der Waals surface area contributed by atoms with Crippen LogP contribution >= 0.6 is 0 Å². The molecule has 1 unspecified atom stereocenters. The summed E-state index contributed by atoms with van der Waals surface area (Å²) < 4.78 is 5.55. The average Bonchev–Trinajstić information content (AvgIpc) is 2.47. The first-order valence-electron chi connectivity index (χ1n) is 7.81. The summed E-state index contributed by atoms with van der Waals surface area (Å²) in [5, 5.41) is 6.68. The van der Waals surface area contributed by atoms with Crippen molar-refractivity contribution in [2.75, 3.05) is 26.3 Å². The minimum Gasteiger partial charge on any atom is -0.379 e. The molecule has 0 aliphatic rings. The molecule has 4 heteroatoms. The van der Waals surface area contributed by atoms with Gasteiger partial charge in [0.25, 0.3) is 0 Å². The molecular formula is C17H29N3O. The van der Waals surface area contributed by atoms with E-state index in [4.69, 9.17) is 4.74 Å². The van der Waals surface area contributed by atoms with Gasteiger partial charge in [0.15, 0.2) is 5.96 Å². The average molecular weight is 291 g/mol. The number of hydrogen-bond acceptors (Lipinski definition) is 2. The Labute approximate surface area is 129 Å². The van der Waals surface area contributed by atoms with Gasteiger partial charge in [0, 0.05) is 13.2 Å². The maximum absolute atomic E-state index is 5.55. The lowest BCUT2D eigenvalue weighted by Crippen LogP contribution is -2.39. The first kappa shape index (κ1) is 17.5. The molecule has 118 valence electrons. The molecule has 0 spiro atoms. The Morgan fingerprint density at radius 3 is 2.52 bits per heavy atom. The van der Waals surface area contributed by atoms with Gasteiger partial charge in [0.1, 0.15) is 0 Å². The van der Waals surface area contributed by atoms with E-state index in [0.717, 1.165) is 19.1 Å². The van der Waals surface area contributed by atoms with Crippen molar-refractivity contribution in [2.45, 2.75) is 33.7 Å². The third kappa shape index (κ3) is 7.71. The van der Waals surface area contributed by atoms with Gasteiger partial charge in [-0.1, -0.05) is 44.2 Å². The summed E-state index contributed by atoms with van der Waals surface area (Å²) in [7, 11) is 0. The number of guanidine groups is 1. The Bertz CT molecular complexity index is 404. The Balaban J connectivity index is 2.44. The number of ether oxygens (including phenoxy) is 1. The Morgan fingerprint density at radius 1 is 1.19 bits per heavy atom. The van der Waals surface area contributed by atoms with Gasteiger partial charge in [-0.15, -0.1) is 0 Å². The molecule has 0 amide bonds. The summed E-state index contributed by atoms with van der Waals surface area (Å²) >= 11 is 0. The Morgan fingerprint density at radius 2 is 1.90 bits per heavy atom. The van der Waals surface area contributed by atoms with Crippen LogP contribution in [0.15, 0.2) is 35.3 Å². The van der Waals surface area contributed by atoms with Crippen LogP contribution in [-0.2, 0) is 4.74 Å². The minimum atomic E-state index is 0.223. The van der Waals surface area contributed by atoms with E-state index in [1.165, 1.54) is 5.56 Å². The smallest absolute Gasteiger partial charge is 0.191 e. The van der Waals surface area contributed by atoms with Gasteiger partial charge < -0.3 is 15.4 Å². The molecule has 0 aromatic heterocycles.